The molecular formula is C29H30N4O4. The van der Waals surface area contributed by atoms with Crippen LogP contribution in [0, 0.1) is 0 Å². The molecule has 0 saturated carbocycles. The minimum atomic E-state index is -0.942. The van der Waals surface area contributed by atoms with Gasteiger partial charge in [0.25, 0.3) is 5.91 Å². The predicted molar refractivity (Wildman–Crippen MR) is 142 cm³/mol. The van der Waals surface area contributed by atoms with Crippen LogP contribution in [0.2, 0.25) is 0 Å². The van der Waals surface area contributed by atoms with E-state index in [0.29, 0.717) is 30.6 Å². The van der Waals surface area contributed by atoms with Crippen molar-refractivity contribution in [1.29, 1.82) is 0 Å². The van der Waals surface area contributed by atoms with Crippen LogP contribution in [-0.4, -0.2) is 49.6 Å². The number of nitrogens with one attached hydrogen (secondary N) is 3. The van der Waals surface area contributed by atoms with Gasteiger partial charge < -0.3 is 25.6 Å². The number of hydrogen-bond donors (Lipinski definition) is 3. The highest BCUT2D eigenvalue weighted by Gasteiger charge is 2.38. The van der Waals surface area contributed by atoms with Crippen molar-refractivity contribution < 1.29 is 19.1 Å². The van der Waals surface area contributed by atoms with E-state index < -0.39 is 18.2 Å². The number of rotatable bonds is 6. The quantitative estimate of drug-likeness (QED) is 0.368. The topological polar surface area (TPSA) is 99.8 Å². The van der Waals surface area contributed by atoms with Crippen molar-refractivity contribution >= 4 is 29.3 Å². The summed E-state index contributed by atoms with van der Waals surface area (Å²) in [6.07, 6.45) is 1.36. The van der Waals surface area contributed by atoms with E-state index in [1.165, 1.54) is 23.8 Å². The fraction of sp³-hybridized carbons (Fsp3) is 0.276. The highest BCUT2D eigenvalue weighted by atomic mass is 16.5. The average Bonchev–Trinajstić information content (AvgIpc) is 3.56. The monoisotopic (exact) mass is 498 g/mol. The van der Waals surface area contributed by atoms with E-state index in [0.717, 1.165) is 17.7 Å². The number of fused-ring (bicyclic) bond motifs is 3. The number of amides is 3. The molecule has 1 aliphatic heterocycles. The van der Waals surface area contributed by atoms with Gasteiger partial charge in [-0.25, -0.2) is 4.79 Å². The summed E-state index contributed by atoms with van der Waals surface area (Å²) in [6, 6.07) is 19.7. The zero-order valence-electron chi connectivity index (χ0n) is 20.9. The van der Waals surface area contributed by atoms with E-state index in [-0.39, 0.29) is 11.8 Å². The molecular weight excluding hydrogens is 468 g/mol. The zero-order chi connectivity index (χ0) is 25.9. The smallest absolute Gasteiger partial charge is 0.407 e. The van der Waals surface area contributed by atoms with Crippen LogP contribution < -0.4 is 16.0 Å². The summed E-state index contributed by atoms with van der Waals surface area (Å²) in [6.45, 7) is 0.441. The second-order valence-corrected chi connectivity index (χ2v) is 9.33. The van der Waals surface area contributed by atoms with Crippen molar-refractivity contribution in [2.45, 2.75) is 31.3 Å². The molecule has 0 bridgehead atoms. The molecule has 37 heavy (non-hydrogen) atoms. The summed E-state index contributed by atoms with van der Waals surface area (Å²) in [5.74, 6) is -0.567. The van der Waals surface area contributed by atoms with Crippen LogP contribution in [0.1, 0.15) is 35.6 Å². The molecule has 0 aromatic heterocycles. The number of benzene rings is 3. The average molecular weight is 499 g/mol. The molecule has 1 saturated heterocycles. The van der Waals surface area contributed by atoms with Crippen LogP contribution in [-0.2, 0) is 20.7 Å². The van der Waals surface area contributed by atoms with E-state index in [4.69, 9.17) is 4.74 Å². The first kappa shape index (κ1) is 24.4. The number of likely N-dealkylation sites (tertiary alicyclic amines) is 1. The second-order valence-electron chi connectivity index (χ2n) is 9.33. The number of anilines is 2. The molecule has 0 radical (unpaired) electrons. The van der Waals surface area contributed by atoms with Crippen LogP contribution in [0.15, 0.2) is 66.7 Å². The molecule has 5 rings (SSSR count). The van der Waals surface area contributed by atoms with Crippen molar-refractivity contribution in [2.75, 3.05) is 31.3 Å². The fourth-order valence-corrected chi connectivity index (χ4v) is 5.25. The van der Waals surface area contributed by atoms with Gasteiger partial charge in [0.1, 0.15) is 12.1 Å². The van der Waals surface area contributed by atoms with Crippen LogP contribution in [0.3, 0.4) is 0 Å². The number of carbonyl (C=O) groups excluding carboxylic acids is 3. The van der Waals surface area contributed by atoms with Crippen LogP contribution in [0.4, 0.5) is 16.2 Å². The van der Waals surface area contributed by atoms with Crippen molar-refractivity contribution in [3.8, 4) is 11.1 Å². The van der Waals surface area contributed by atoms with Gasteiger partial charge in [-0.05, 0) is 71.3 Å². The molecule has 1 fully saturated rings. The summed E-state index contributed by atoms with van der Waals surface area (Å²) in [5, 5.41) is 8.82. The molecule has 2 aliphatic rings. The third-order valence-electron chi connectivity index (χ3n) is 7.10. The molecule has 3 N–H and O–H groups in total. The number of alkyl carbamates (subject to hydrolysis) is 1. The van der Waals surface area contributed by atoms with Crippen LogP contribution in [0.5, 0.6) is 0 Å². The molecule has 3 aromatic rings. The standard InChI is InChI=1S/C29H30N4O4/c1-30-21-10-12-23-19(16-21)15-20-17-22(11-13-24(20)23)31-27(34)25-9-6-14-33(25)28(35)26(32-29(36)37-2)18-7-4-3-5-8-18/h3-5,7-8,10-13,16-17,25-26,30H,6,9,14-15H2,1-2H3,(H,31,34)(H,32,36). The highest BCUT2D eigenvalue weighted by molar-refractivity contribution is 5.99. The molecule has 1 heterocycles. The maximum absolute atomic E-state index is 13.6. The summed E-state index contributed by atoms with van der Waals surface area (Å²) >= 11 is 0. The molecule has 8 heteroatoms. The molecule has 0 spiro atoms. The van der Waals surface area contributed by atoms with E-state index in [1.807, 2.05) is 31.3 Å². The second kappa shape index (κ2) is 10.3. The Morgan fingerprint density at radius 3 is 2.30 bits per heavy atom. The number of ether oxygens (including phenoxy) is 1. The number of nitrogens with zero attached hydrogens (tertiary/aromatic N) is 1. The van der Waals surface area contributed by atoms with E-state index in [2.05, 4.69) is 34.1 Å². The first-order chi connectivity index (χ1) is 18.0. The Hall–Kier alpha value is -4.33. The van der Waals surface area contributed by atoms with Crippen molar-refractivity contribution in [3.05, 3.63) is 83.4 Å². The maximum atomic E-state index is 13.6. The lowest BCUT2D eigenvalue weighted by Gasteiger charge is -2.28. The lowest BCUT2D eigenvalue weighted by atomic mass is 10.0. The molecule has 3 amide bonds. The van der Waals surface area contributed by atoms with Gasteiger partial charge in [0.05, 0.1) is 7.11 Å². The first-order valence-corrected chi connectivity index (χ1v) is 12.4. The lowest BCUT2D eigenvalue weighted by molar-refractivity contribution is -0.138. The number of methoxy groups -OCH3 is 1. The Balaban J connectivity index is 1.32. The van der Waals surface area contributed by atoms with E-state index in [1.54, 1.807) is 29.2 Å². The van der Waals surface area contributed by atoms with E-state index >= 15 is 0 Å². The molecule has 1 aliphatic carbocycles. The minimum Gasteiger partial charge on any atom is -0.453 e. The Kier molecular flexibility index (Phi) is 6.81. The molecule has 2 unspecified atom stereocenters. The molecule has 190 valence electrons. The zero-order valence-corrected chi connectivity index (χ0v) is 20.9. The summed E-state index contributed by atoms with van der Waals surface area (Å²) < 4.78 is 4.74. The minimum absolute atomic E-state index is 0.233. The van der Waals surface area contributed by atoms with Crippen LogP contribution in [0.25, 0.3) is 11.1 Å². The van der Waals surface area contributed by atoms with Gasteiger partial charge in [0.15, 0.2) is 0 Å². The van der Waals surface area contributed by atoms with Gasteiger partial charge in [-0.2, -0.15) is 0 Å². The number of hydrogen-bond acceptors (Lipinski definition) is 5. The Bertz CT molecular complexity index is 1340. The lowest BCUT2D eigenvalue weighted by Crippen LogP contribution is -2.48. The van der Waals surface area contributed by atoms with Gasteiger partial charge in [0, 0.05) is 25.0 Å². The van der Waals surface area contributed by atoms with Gasteiger partial charge in [-0.3, -0.25) is 9.59 Å². The molecule has 3 aromatic carbocycles. The Labute approximate surface area is 216 Å². The highest BCUT2D eigenvalue weighted by Crippen LogP contribution is 2.39. The number of carbonyl (C=O) groups is 3. The summed E-state index contributed by atoms with van der Waals surface area (Å²) in [5.41, 5.74) is 7.20. The van der Waals surface area contributed by atoms with Gasteiger partial charge in [-0.1, -0.05) is 42.5 Å². The molecule has 8 nitrogen and oxygen atoms in total. The maximum Gasteiger partial charge on any atom is 0.407 e. The predicted octanol–water partition coefficient (Wildman–Crippen LogP) is 4.33. The molecule has 2 atom stereocenters. The van der Waals surface area contributed by atoms with Gasteiger partial charge in [-0.15, -0.1) is 0 Å². The van der Waals surface area contributed by atoms with Gasteiger partial charge in [0.2, 0.25) is 5.91 Å². The van der Waals surface area contributed by atoms with Crippen molar-refractivity contribution in [3.63, 3.8) is 0 Å². The summed E-state index contributed by atoms with van der Waals surface area (Å²) in [7, 11) is 3.16. The van der Waals surface area contributed by atoms with Crippen LogP contribution >= 0.6 is 0 Å². The summed E-state index contributed by atoms with van der Waals surface area (Å²) in [4.78, 5) is 40.5. The third-order valence-corrected chi connectivity index (χ3v) is 7.10. The van der Waals surface area contributed by atoms with E-state index in [9.17, 15) is 14.4 Å². The third kappa shape index (κ3) is 4.87. The normalized spacial score (nSPS) is 16.4. The van der Waals surface area contributed by atoms with Gasteiger partial charge >= 0.3 is 6.09 Å². The van der Waals surface area contributed by atoms with Crippen molar-refractivity contribution in [1.82, 2.24) is 10.2 Å². The Morgan fingerprint density at radius 2 is 1.62 bits per heavy atom. The van der Waals surface area contributed by atoms with Crippen molar-refractivity contribution in [2.24, 2.45) is 0 Å². The fourth-order valence-electron chi connectivity index (χ4n) is 5.25. The SMILES string of the molecule is CNc1ccc2c(c1)Cc1cc(NC(=O)C3CCCN3C(=O)C(NC(=O)OC)c3ccccc3)ccc1-2. The first-order valence-electron chi connectivity index (χ1n) is 12.4. The Morgan fingerprint density at radius 1 is 0.946 bits per heavy atom. The largest absolute Gasteiger partial charge is 0.453 e.